The zero-order valence-corrected chi connectivity index (χ0v) is 13.5. The standard InChI is InChI=1S/C16H28N4O/c1-12(2)21-15-11-13(3)18-16(19-15)20(10-6-9-17)14-7-4-5-8-14/h11-12,14H,4-10,17H2,1-3H3. The fraction of sp³-hybridized carbons (Fsp3) is 0.750. The second-order valence-electron chi connectivity index (χ2n) is 6.09. The molecule has 2 N–H and O–H groups in total. The zero-order chi connectivity index (χ0) is 15.2. The van der Waals surface area contributed by atoms with Gasteiger partial charge >= 0.3 is 0 Å². The number of aromatic nitrogens is 2. The first-order valence-electron chi connectivity index (χ1n) is 8.09. The third kappa shape index (κ3) is 4.56. The lowest BCUT2D eigenvalue weighted by atomic mass is 10.2. The number of anilines is 1. The highest BCUT2D eigenvalue weighted by atomic mass is 16.5. The summed E-state index contributed by atoms with van der Waals surface area (Å²) in [7, 11) is 0. The first-order chi connectivity index (χ1) is 10.1. The minimum Gasteiger partial charge on any atom is -0.475 e. The maximum absolute atomic E-state index is 5.75. The van der Waals surface area contributed by atoms with E-state index < -0.39 is 0 Å². The van der Waals surface area contributed by atoms with Gasteiger partial charge in [-0.2, -0.15) is 4.98 Å². The Labute approximate surface area is 127 Å². The minimum absolute atomic E-state index is 0.121. The molecule has 5 nitrogen and oxygen atoms in total. The highest BCUT2D eigenvalue weighted by molar-refractivity contribution is 5.36. The monoisotopic (exact) mass is 292 g/mol. The molecule has 1 saturated carbocycles. The third-order valence-electron chi connectivity index (χ3n) is 3.80. The van der Waals surface area contributed by atoms with Crippen molar-refractivity contribution in [3.05, 3.63) is 11.8 Å². The van der Waals surface area contributed by atoms with Gasteiger partial charge in [0, 0.05) is 24.3 Å². The molecule has 1 heterocycles. The molecule has 21 heavy (non-hydrogen) atoms. The highest BCUT2D eigenvalue weighted by Crippen LogP contribution is 2.27. The van der Waals surface area contributed by atoms with E-state index in [0.717, 1.165) is 24.6 Å². The van der Waals surface area contributed by atoms with E-state index in [1.165, 1.54) is 25.7 Å². The van der Waals surface area contributed by atoms with Gasteiger partial charge < -0.3 is 15.4 Å². The van der Waals surface area contributed by atoms with Crippen LogP contribution in [0.1, 0.15) is 51.6 Å². The maximum atomic E-state index is 5.75. The predicted molar refractivity (Wildman–Crippen MR) is 85.8 cm³/mol. The molecule has 1 aromatic heterocycles. The molecule has 2 rings (SSSR count). The Kier molecular flexibility index (Phi) is 5.79. The molecule has 0 aliphatic heterocycles. The lowest BCUT2D eigenvalue weighted by molar-refractivity contribution is 0.232. The normalized spacial score (nSPS) is 15.7. The molecule has 1 aromatic rings. The fourth-order valence-corrected chi connectivity index (χ4v) is 2.88. The van der Waals surface area contributed by atoms with E-state index in [0.29, 0.717) is 18.5 Å². The molecular weight excluding hydrogens is 264 g/mol. The molecule has 0 aromatic carbocycles. The first-order valence-corrected chi connectivity index (χ1v) is 8.09. The van der Waals surface area contributed by atoms with Gasteiger partial charge in [0.25, 0.3) is 0 Å². The molecule has 0 amide bonds. The van der Waals surface area contributed by atoms with Crippen LogP contribution in [0.2, 0.25) is 0 Å². The van der Waals surface area contributed by atoms with Crippen LogP contribution in [0.25, 0.3) is 0 Å². The minimum atomic E-state index is 0.121. The van der Waals surface area contributed by atoms with E-state index in [9.17, 15) is 0 Å². The Hall–Kier alpha value is -1.36. The number of hydrogen-bond donors (Lipinski definition) is 1. The molecular formula is C16H28N4O. The van der Waals surface area contributed by atoms with Gasteiger partial charge in [-0.15, -0.1) is 0 Å². The van der Waals surface area contributed by atoms with Crippen molar-refractivity contribution >= 4 is 5.95 Å². The lowest BCUT2D eigenvalue weighted by Crippen LogP contribution is -2.36. The molecule has 5 heteroatoms. The van der Waals surface area contributed by atoms with Crippen LogP contribution in [-0.4, -0.2) is 35.2 Å². The number of nitrogens with two attached hydrogens (primary N) is 1. The van der Waals surface area contributed by atoms with Crippen LogP contribution < -0.4 is 15.4 Å². The predicted octanol–water partition coefficient (Wildman–Crippen LogP) is 2.67. The van der Waals surface area contributed by atoms with Crippen molar-refractivity contribution in [2.75, 3.05) is 18.0 Å². The number of nitrogens with zero attached hydrogens (tertiary/aromatic N) is 3. The largest absolute Gasteiger partial charge is 0.475 e. The van der Waals surface area contributed by atoms with E-state index in [-0.39, 0.29) is 6.10 Å². The van der Waals surface area contributed by atoms with Crippen molar-refractivity contribution in [2.45, 2.75) is 65.0 Å². The average molecular weight is 292 g/mol. The molecule has 0 saturated heterocycles. The van der Waals surface area contributed by atoms with E-state index in [1.54, 1.807) is 0 Å². The highest BCUT2D eigenvalue weighted by Gasteiger charge is 2.25. The van der Waals surface area contributed by atoms with E-state index in [1.807, 2.05) is 26.8 Å². The van der Waals surface area contributed by atoms with Gasteiger partial charge in [-0.25, -0.2) is 4.98 Å². The van der Waals surface area contributed by atoms with Crippen molar-refractivity contribution in [1.82, 2.24) is 9.97 Å². The molecule has 118 valence electrons. The second kappa shape index (κ2) is 7.59. The van der Waals surface area contributed by atoms with Gasteiger partial charge in [-0.3, -0.25) is 0 Å². The smallest absolute Gasteiger partial charge is 0.229 e. The van der Waals surface area contributed by atoms with Gasteiger partial charge in [-0.1, -0.05) is 12.8 Å². The Balaban J connectivity index is 2.22. The van der Waals surface area contributed by atoms with Crippen molar-refractivity contribution in [1.29, 1.82) is 0 Å². The average Bonchev–Trinajstić information content (AvgIpc) is 2.91. The Morgan fingerprint density at radius 2 is 2.05 bits per heavy atom. The van der Waals surface area contributed by atoms with Crippen LogP contribution >= 0.6 is 0 Å². The summed E-state index contributed by atoms with van der Waals surface area (Å²) in [4.78, 5) is 11.6. The van der Waals surface area contributed by atoms with Crippen LogP contribution in [0.3, 0.4) is 0 Å². The lowest BCUT2D eigenvalue weighted by Gasteiger charge is -2.29. The van der Waals surface area contributed by atoms with E-state index in [4.69, 9.17) is 10.5 Å². The van der Waals surface area contributed by atoms with E-state index >= 15 is 0 Å². The molecule has 0 spiro atoms. The molecule has 0 radical (unpaired) electrons. The first kappa shape index (κ1) is 16.0. The Bertz CT molecular complexity index is 444. The fourth-order valence-electron chi connectivity index (χ4n) is 2.88. The Morgan fingerprint density at radius 1 is 1.33 bits per heavy atom. The quantitative estimate of drug-likeness (QED) is 0.837. The SMILES string of the molecule is Cc1cc(OC(C)C)nc(N(CCCN)C2CCCC2)n1. The summed E-state index contributed by atoms with van der Waals surface area (Å²) in [6.07, 6.45) is 6.13. The molecule has 1 fully saturated rings. The van der Waals surface area contributed by atoms with Crippen molar-refractivity contribution in [3.8, 4) is 5.88 Å². The summed E-state index contributed by atoms with van der Waals surface area (Å²) in [6, 6.07) is 2.45. The van der Waals surface area contributed by atoms with Gasteiger partial charge in [0.15, 0.2) is 0 Å². The number of aryl methyl sites for hydroxylation is 1. The second-order valence-corrected chi connectivity index (χ2v) is 6.09. The summed E-state index contributed by atoms with van der Waals surface area (Å²) >= 11 is 0. The topological polar surface area (TPSA) is 64.3 Å². The third-order valence-corrected chi connectivity index (χ3v) is 3.80. The molecule has 1 aliphatic rings. The van der Waals surface area contributed by atoms with Crippen LogP contribution in [0.15, 0.2) is 6.07 Å². The van der Waals surface area contributed by atoms with Gasteiger partial charge in [0.2, 0.25) is 11.8 Å². The summed E-state index contributed by atoms with van der Waals surface area (Å²) in [6.45, 7) is 7.64. The number of rotatable bonds is 7. The zero-order valence-electron chi connectivity index (χ0n) is 13.5. The van der Waals surface area contributed by atoms with Crippen LogP contribution in [0, 0.1) is 6.92 Å². The van der Waals surface area contributed by atoms with Gasteiger partial charge in [0.05, 0.1) is 6.10 Å². The van der Waals surface area contributed by atoms with Crippen LogP contribution in [0.5, 0.6) is 5.88 Å². The van der Waals surface area contributed by atoms with Crippen molar-refractivity contribution in [2.24, 2.45) is 5.73 Å². The van der Waals surface area contributed by atoms with E-state index in [2.05, 4.69) is 14.9 Å². The van der Waals surface area contributed by atoms with Crippen molar-refractivity contribution < 1.29 is 4.74 Å². The van der Waals surface area contributed by atoms with Gasteiger partial charge in [-0.05, 0) is 46.6 Å². The maximum Gasteiger partial charge on any atom is 0.229 e. The van der Waals surface area contributed by atoms with Crippen molar-refractivity contribution in [3.63, 3.8) is 0 Å². The van der Waals surface area contributed by atoms with Crippen LogP contribution in [0.4, 0.5) is 5.95 Å². The number of ether oxygens (including phenoxy) is 1. The molecule has 0 bridgehead atoms. The summed E-state index contributed by atoms with van der Waals surface area (Å²) < 4.78 is 5.75. The molecule has 0 unspecified atom stereocenters. The molecule has 0 atom stereocenters. The van der Waals surface area contributed by atoms with Crippen LogP contribution in [-0.2, 0) is 0 Å². The summed E-state index contributed by atoms with van der Waals surface area (Å²) in [5.41, 5.74) is 6.64. The summed E-state index contributed by atoms with van der Waals surface area (Å²) in [5, 5.41) is 0. The number of hydrogen-bond acceptors (Lipinski definition) is 5. The Morgan fingerprint density at radius 3 is 2.67 bits per heavy atom. The van der Waals surface area contributed by atoms with Gasteiger partial charge in [0.1, 0.15) is 0 Å². The molecule has 1 aliphatic carbocycles. The summed E-state index contributed by atoms with van der Waals surface area (Å²) in [5.74, 6) is 1.47.